The highest BCUT2D eigenvalue weighted by Crippen LogP contribution is 2.29. The van der Waals surface area contributed by atoms with E-state index in [4.69, 9.17) is 0 Å². The van der Waals surface area contributed by atoms with Crippen molar-refractivity contribution in [2.24, 2.45) is 0 Å². The lowest BCUT2D eigenvalue weighted by Gasteiger charge is -2.14. The van der Waals surface area contributed by atoms with Gasteiger partial charge in [0.1, 0.15) is 0 Å². The number of allylic oxidation sites excluding steroid dienone is 3. The lowest BCUT2D eigenvalue weighted by atomic mass is 9.93. The summed E-state index contributed by atoms with van der Waals surface area (Å²) in [6, 6.07) is 8.95. The maximum Gasteiger partial charge on any atom is 0.0708 e. The van der Waals surface area contributed by atoms with Gasteiger partial charge in [-0.25, -0.2) is 0 Å². The zero-order valence-corrected chi connectivity index (χ0v) is 14.4. The molecule has 0 aliphatic heterocycles. The fourth-order valence-corrected chi connectivity index (χ4v) is 2.99. The van der Waals surface area contributed by atoms with Crippen molar-refractivity contribution >= 4 is 16.5 Å². The first kappa shape index (κ1) is 16.5. The van der Waals surface area contributed by atoms with Crippen LogP contribution in [-0.2, 0) is 6.42 Å². The molecule has 0 aliphatic rings. The highest BCUT2D eigenvalue weighted by atomic mass is 14.7. The van der Waals surface area contributed by atoms with Crippen LogP contribution in [0.15, 0.2) is 42.5 Å². The third kappa shape index (κ3) is 3.47. The van der Waals surface area contributed by atoms with E-state index in [1.54, 1.807) is 0 Å². The van der Waals surface area contributed by atoms with E-state index in [1.807, 2.05) is 6.08 Å². The molecule has 116 valence electrons. The first-order valence-electron chi connectivity index (χ1n) is 8.30. The summed E-state index contributed by atoms with van der Waals surface area (Å²) >= 11 is 0. The predicted octanol–water partition coefficient (Wildman–Crippen LogP) is 6.26. The monoisotopic (exact) mass is 293 g/mol. The highest BCUT2D eigenvalue weighted by Gasteiger charge is 2.09. The van der Waals surface area contributed by atoms with Crippen LogP contribution in [0.25, 0.3) is 16.5 Å². The average molecular weight is 293 g/mol. The van der Waals surface area contributed by atoms with E-state index in [0.29, 0.717) is 0 Å². The van der Waals surface area contributed by atoms with E-state index in [2.05, 4.69) is 63.5 Å². The topological polar surface area (TPSA) is 12.9 Å². The van der Waals surface area contributed by atoms with Gasteiger partial charge in [0.15, 0.2) is 0 Å². The molecule has 0 bridgehead atoms. The van der Waals surface area contributed by atoms with Crippen LogP contribution in [0.5, 0.6) is 0 Å². The first-order chi connectivity index (χ1) is 10.6. The largest absolute Gasteiger partial charge is 0.253 e. The summed E-state index contributed by atoms with van der Waals surface area (Å²) in [7, 11) is 0. The van der Waals surface area contributed by atoms with Gasteiger partial charge in [-0.05, 0) is 74.4 Å². The molecule has 2 rings (SSSR count). The van der Waals surface area contributed by atoms with Crippen molar-refractivity contribution in [3.63, 3.8) is 0 Å². The Morgan fingerprint density at radius 3 is 2.64 bits per heavy atom. The second-order valence-electron chi connectivity index (χ2n) is 5.95. The zero-order valence-electron chi connectivity index (χ0n) is 14.4. The number of rotatable bonds is 6. The molecule has 0 aliphatic carbocycles. The molecule has 0 amide bonds. The molecule has 1 nitrogen and oxygen atoms in total. The van der Waals surface area contributed by atoms with Crippen molar-refractivity contribution in [1.29, 1.82) is 0 Å². The number of nitrogens with zero attached hydrogens (tertiary/aromatic N) is 1. The first-order valence-corrected chi connectivity index (χ1v) is 8.30. The fourth-order valence-electron chi connectivity index (χ4n) is 2.99. The minimum absolute atomic E-state index is 1.03. The summed E-state index contributed by atoms with van der Waals surface area (Å²) in [5.74, 6) is 0. The third-order valence-corrected chi connectivity index (χ3v) is 4.40. The van der Waals surface area contributed by atoms with Gasteiger partial charge >= 0.3 is 0 Å². The maximum atomic E-state index is 4.68. The maximum absolute atomic E-state index is 4.68. The van der Waals surface area contributed by atoms with Gasteiger partial charge in [0.05, 0.1) is 5.52 Å². The van der Waals surface area contributed by atoms with Crippen LogP contribution < -0.4 is 0 Å². The van der Waals surface area contributed by atoms with Crippen LogP contribution in [0.2, 0.25) is 0 Å². The van der Waals surface area contributed by atoms with E-state index >= 15 is 0 Å². The van der Waals surface area contributed by atoms with Crippen molar-refractivity contribution in [3.8, 4) is 0 Å². The molecule has 1 heterocycles. The van der Waals surface area contributed by atoms with Crippen LogP contribution in [0.1, 0.15) is 56.9 Å². The Morgan fingerprint density at radius 2 is 2.00 bits per heavy atom. The normalized spacial score (nSPS) is 12.4. The van der Waals surface area contributed by atoms with Gasteiger partial charge in [0.25, 0.3) is 0 Å². The summed E-state index contributed by atoms with van der Waals surface area (Å²) in [5.41, 5.74) is 7.88. The number of pyridine rings is 1. The van der Waals surface area contributed by atoms with Gasteiger partial charge in [-0.15, -0.1) is 6.58 Å². The van der Waals surface area contributed by atoms with Crippen LogP contribution in [0.3, 0.4) is 0 Å². The molecule has 2 aromatic rings. The zero-order chi connectivity index (χ0) is 16.1. The summed E-state index contributed by atoms with van der Waals surface area (Å²) in [6.07, 6.45) is 6.23. The predicted molar refractivity (Wildman–Crippen MR) is 98.2 cm³/mol. The number of hydrogen-bond donors (Lipinski definition) is 0. The molecule has 0 atom stereocenters. The van der Waals surface area contributed by atoms with Gasteiger partial charge in [0, 0.05) is 11.1 Å². The molecule has 1 heteroatoms. The second-order valence-corrected chi connectivity index (χ2v) is 5.95. The van der Waals surface area contributed by atoms with Crippen LogP contribution in [0, 0.1) is 6.92 Å². The molecular formula is C21H27N. The summed E-state index contributed by atoms with van der Waals surface area (Å²) < 4.78 is 0. The van der Waals surface area contributed by atoms with E-state index < -0.39 is 0 Å². The molecule has 0 fully saturated rings. The Kier molecular flexibility index (Phi) is 5.54. The molecule has 22 heavy (non-hydrogen) atoms. The van der Waals surface area contributed by atoms with Crippen LogP contribution in [-0.4, -0.2) is 4.98 Å². The van der Waals surface area contributed by atoms with Crippen molar-refractivity contribution < 1.29 is 0 Å². The molecule has 1 aromatic carbocycles. The lowest BCUT2D eigenvalue weighted by Crippen LogP contribution is -1.94. The molecule has 0 saturated carbocycles. The Hall–Kier alpha value is -1.89. The summed E-state index contributed by atoms with van der Waals surface area (Å²) in [5, 5.41) is 1.30. The standard InChI is InChI=1S/C21H27N/c1-6-9-10-19(15(4)7-2)18-11-12-21-20(14-18)17(8-3)13-16(5)22-21/h6,11-14H,1,7-10H2,2-5H3/b19-15+. The van der Waals surface area contributed by atoms with Crippen molar-refractivity contribution in [1.82, 2.24) is 4.98 Å². The molecule has 0 N–H and O–H groups in total. The Labute approximate surface area is 134 Å². The van der Waals surface area contributed by atoms with E-state index in [0.717, 1.165) is 36.9 Å². The Balaban J connectivity index is 2.59. The summed E-state index contributed by atoms with van der Waals surface area (Å²) in [4.78, 5) is 4.68. The SMILES string of the molecule is C=CCC/C(=C(/C)CC)c1ccc2nc(C)cc(CC)c2c1. The minimum Gasteiger partial charge on any atom is -0.253 e. The van der Waals surface area contributed by atoms with Gasteiger partial charge in [-0.1, -0.05) is 31.6 Å². The number of fused-ring (bicyclic) bond motifs is 1. The molecule has 0 radical (unpaired) electrons. The van der Waals surface area contributed by atoms with E-state index in [-0.39, 0.29) is 0 Å². The fraction of sp³-hybridized carbons (Fsp3) is 0.381. The molecule has 0 saturated heterocycles. The lowest BCUT2D eigenvalue weighted by molar-refractivity contribution is 1.02. The van der Waals surface area contributed by atoms with Crippen molar-refractivity contribution in [2.45, 2.75) is 53.4 Å². The van der Waals surface area contributed by atoms with Gasteiger partial charge in [0.2, 0.25) is 0 Å². The molecular weight excluding hydrogens is 266 g/mol. The number of benzene rings is 1. The van der Waals surface area contributed by atoms with Crippen LogP contribution in [0.4, 0.5) is 0 Å². The third-order valence-electron chi connectivity index (χ3n) is 4.40. The average Bonchev–Trinajstić information content (AvgIpc) is 2.54. The number of aromatic nitrogens is 1. The van der Waals surface area contributed by atoms with E-state index in [9.17, 15) is 0 Å². The van der Waals surface area contributed by atoms with Crippen LogP contribution >= 0.6 is 0 Å². The molecule has 0 spiro atoms. The van der Waals surface area contributed by atoms with Gasteiger partial charge in [-0.2, -0.15) is 0 Å². The van der Waals surface area contributed by atoms with Crippen molar-refractivity contribution in [3.05, 3.63) is 59.3 Å². The van der Waals surface area contributed by atoms with Gasteiger partial charge < -0.3 is 0 Å². The second kappa shape index (κ2) is 7.40. The van der Waals surface area contributed by atoms with Crippen molar-refractivity contribution in [2.75, 3.05) is 0 Å². The quantitative estimate of drug-likeness (QED) is 0.573. The summed E-state index contributed by atoms with van der Waals surface area (Å²) in [6.45, 7) is 12.6. The minimum atomic E-state index is 1.03. The Morgan fingerprint density at radius 1 is 1.23 bits per heavy atom. The van der Waals surface area contributed by atoms with Gasteiger partial charge in [-0.3, -0.25) is 4.98 Å². The number of aryl methyl sites for hydroxylation is 2. The highest BCUT2D eigenvalue weighted by molar-refractivity contribution is 5.86. The smallest absolute Gasteiger partial charge is 0.0708 e. The Bertz CT molecular complexity index is 707. The molecule has 0 unspecified atom stereocenters. The van der Waals surface area contributed by atoms with E-state index in [1.165, 1.54) is 27.7 Å². The molecule has 1 aromatic heterocycles. The number of hydrogen-bond acceptors (Lipinski definition) is 1.